The van der Waals surface area contributed by atoms with Gasteiger partial charge in [0.25, 0.3) is 0 Å². The molecule has 72 valence electrons. The summed E-state index contributed by atoms with van der Waals surface area (Å²) in [4.78, 5) is 9.58. The monoisotopic (exact) mass is 205 g/mol. The third-order valence-corrected chi connectivity index (χ3v) is 2.88. The average molecular weight is 205 g/mol. The standard InChI is InChI=1S/C10H11N3S/c1-11-6-9-7-13-10(14-9)8-2-4-12-5-3-8/h2-5,7,11H,6H2,1H3. The predicted octanol–water partition coefficient (Wildman–Crippen LogP) is 1.92. The van der Waals surface area contributed by atoms with Gasteiger partial charge < -0.3 is 5.32 Å². The van der Waals surface area contributed by atoms with E-state index in [2.05, 4.69) is 15.3 Å². The Morgan fingerprint density at radius 2 is 2.14 bits per heavy atom. The first-order valence-corrected chi connectivity index (χ1v) is 5.21. The molecule has 0 saturated carbocycles. The van der Waals surface area contributed by atoms with Crippen molar-refractivity contribution in [3.63, 3.8) is 0 Å². The minimum absolute atomic E-state index is 0.878. The number of hydrogen-bond donors (Lipinski definition) is 1. The lowest BCUT2D eigenvalue weighted by atomic mass is 10.3. The summed E-state index contributed by atoms with van der Waals surface area (Å²) in [6.07, 6.45) is 5.49. The van der Waals surface area contributed by atoms with Crippen molar-refractivity contribution >= 4 is 11.3 Å². The van der Waals surface area contributed by atoms with Crippen LogP contribution in [0.25, 0.3) is 10.6 Å². The fourth-order valence-electron chi connectivity index (χ4n) is 1.19. The van der Waals surface area contributed by atoms with Crippen LogP contribution in [0.4, 0.5) is 0 Å². The van der Waals surface area contributed by atoms with Crippen LogP contribution in [0.1, 0.15) is 4.88 Å². The Morgan fingerprint density at radius 1 is 1.36 bits per heavy atom. The minimum atomic E-state index is 0.878. The van der Waals surface area contributed by atoms with Crippen LogP contribution in [-0.4, -0.2) is 17.0 Å². The van der Waals surface area contributed by atoms with Gasteiger partial charge in [-0.3, -0.25) is 4.98 Å². The van der Waals surface area contributed by atoms with Gasteiger partial charge in [-0.1, -0.05) is 0 Å². The maximum atomic E-state index is 4.36. The molecule has 0 saturated heterocycles. The van der Waals surface area contributed by atoms with Crippen molar-refractivity contribution < 1.29 is 0 Å². The molecule has 2 aromatic rings. The Labute approximate surface area is 86.8 Å². The SMILES string of the molecule is CNCc1cnc(-c2ccncc2)s1. The molecule has 2 rings (SSSR count). The normalized spacial score (nSPS) is 10.4. The summed E-state index contributed by atoms with van der Waals surface area (Å²) in [5.41, 5.74) is 1.13. The van der Waals surface area contributed by atoms with Gasteiger partial charge in [-0.05, 0) is 19.2 Å². The zero-order valence-corrected chi connectivity index (χ0v) is 8.71. The highest BCUT2D eigenvalue weighted by molar-refractivity contribution is 7.15. The molecule has 0 spiro atoms. The molecule has 1 N–H and O–H groups in total. The van der Waals surface area contributed by atoms with Crippen LogP contribution in [0.2, 0.25) is 0 Å². The molecule has 0 aliphatic heterocycles. The summed E-state index contributed by atoms with van der Waals surface area (Å²) in [5, 5.41) is 4.16. The van der Waals surface area contributed by atoms with Crippen molar-refractivity contribution in [3.05, 3.63) is 35.6 Å². The van der Waals surface area contributed by atoms with Gasteiger partial charge in [-0.15, -0.1) is 11.3 Å². The van der Waals surface area contributed by atoms with Gasteiger partial charge in [0, 0.05) is 35.6 Å². The quantitative estimate of drug-likeness (QED) is 0.832. The number of nitrogens with zero attached hydrogens (tertiary/aromatic N) is 2. The van der Waals surface area contributed by atoms with E-state index in [4.69, 9.17) is 0 Å². The third kappa shape index (κ3) is 1.97. The molecule has 0 fully saturated rings. The maximum Gasteiger partial charge on any atom is 0.123 e. The van der Waals surface area contributed by atoms with Gasteiger partial charge in [0.1, 0.15) is 5.01 Å². The van der Waals surface area contributed by atoms with Gasteiger partial charge >= 0.3 is 0 Å². The molecule has 0 aliphatic carbocycles. The van der Waals surface area contributed by atoms with E-state index >= 15 is 0 Å². The second-order valence-electron chi connectivity index (χ2n) is 2.90. The summed E-state index contributed by atoms with van der Waals surface area (Å²) in [6, 6.07) is 3.95. The Hall–Kier alpha value is -1.26. The summed E-state index contributed by atoms with van der Waals surface area (Å²) in [5.74, 6) is 0. The van der Waals surface area contributed by atoms with Crippen molar-refractivity contribution in [2.75, 3.05) is 7.05 Å². The van der Waals surface area contributed by atoms with E-state index in [9.17, 15) is 0 Å². The van der Waals surface area contributed by atoms with Crippen molar-refractivity contribution in [1.29, 1.82) is 0 Å². The molecule has 0 aliphatic rings. The highest BCUT2D eigenvalue weighted by atomic mass is 32.1. The number of rotatable bonds is 3. The first-order chi connectivity index (χ1) is 6.90. The van der Waals surface area contributed by atoms with Crippen LogP contribution < -0.4 is 5.32 Å². The fraction of sp³-hybridized carbons (Fsp3) is 0.200. The van der Waals surface area contributed by atoms with Crippen LogP contribution in [0.5, 0.6) is 0 Å². The van der Waals surface area contributed by atoms with E-state index in [1.807, 2.05) is 25.4 Å². The lowest BCUT2D eigenvalue weighted by Gasteiger charge is -1.93. The second kappa shape index (κ2) is 4.30. The first-order valence-electron chi connectivity index (χ1n) is 4.40. The lowest BCUT2D eigenvalue weighted by molar-refractivity contribution is 0.829. The summed E-state index contributed by atoms with van der Waals surface area (Å²) >= 11 is 1.71. The lowest BCUT2D eigenvalue weighted by Crippen LogP contribution is -2.02. The van der Waals surface area contributed by atoms with Crippen molar-refractivity contribution in [1.82, 2.24) is 15.3 Å². The first kappa shape index (κ1) is 9.30. The maximum absolute atomic E-state index is 4.36. The molecule has 0 aromatic carbocycles. The number of hydrogen-bond acceptors (Lipinski definition) is 4. The second-order valence-corrected chi connectivity index (χ2v) is 4.01. The van der Waals surface area contributed by atoms with Crippen LogP contribution in [0.3, 0.4) is 0 Å². The molecule has 2 aromatic heterocycles. The van der Waals surface area contributed by atoms with Crippen LogP contribution in [0.15, 0.2) is 30.7 Å². The molecule has 0 unspecified atom stereocenters. The largest absolute Gasteiger partial charge is 0.315 e. The molecular weight excluding hydrogens is 194 g/mol. The number of aromatic nitrogens is 2. The zero-order chi connectivity index (χ0) is 9.80. The van der Waals surface area contributed by atoms with E-state index in [-0.39, 0.29) is 0 Å². The van der Waals surface area contributed by atoms with E-state index in [0.717, 1.165) is 17.1 Å². The van der Waals surface area contributed by atoms with Gasteiger partial charge in [-0.25, -0.2) is 4.98 Å². The molecule has 0 bridgehead atoms. The Balaban J connectivity index is 2.25. The van der Waals surface area contributed by atoms with Crippen LogP contribution in [-0.2, 0) is 6.54 Å². The third-order valence-electron chi connectivity index (χ3n) is 1.83. The topological polar surface area (TPSA) is 37.8 Å². The van der Waals surface area contributed by atoms with Crippen LogP contribution >= 0.6 is 11.3 Å². The number of thiazole rings is 1. The van der Waals surface area contributed by atoms with Crippen LogP contribution in [0, 0.1) is 0 Å². The summed E-state index contributed by atoms with van der Waals surface area (Å²) < 4.78 is 0. The van der Waals surface area contributed by atoms with Crippen molar-refractivity contribution in [2.45, 2.75) is 6.54 Å². The summed E-state index contributed by atoms with van der Waals surface area (Å²) in [7, 11) is 1.94. The average Bonchev–Trinajstić information content (AvgIpc) is 2.68. The zero-order valence-electron chi connectivity index (χ0n) is 7.90. The van der Waals surface area contributed by atoms with E-state index in [0.29, 0.717) is 0 Å². The molecule has 4 heteroatoms. The summed E-state index contributed by atoms with van der Waals surface area (Å²) in [6.45, 7) is 0.878. The highest BCUT2D eigenvalue weighted by Gasteiger charge is 2.02. The fourth-order valence-corrected chi connectivity index (χ4v) is 2.12. The molecular formula is C10H11N3S. The van der Waals surface area contributed by atoms with E-state index < -0.39 is 0 Å². The Morgan fingerprint density at radius 3 is 2.86 bits per heavy atom. The minimum Gasteiger partial charge on any atom is -0.315 e. The molecule has 0 atom stereocenters. The van der Waals surface area contributed by atoms with Gasteiger partial charge in [0.2, 0.25) is 0 Å². The molecule has 14 heavy (non-hydrogen) atoms. The Kier molecular flexibility index (Phi) is 2.86. The van der Waals surface area contributed by atoms with Crippen molar-refractivity contribution in [2.24, 2.45) is 0 Å². The van der Waals surface area contributed by atoms with E-state index in [1.165, 1.54) is 4.88 Å². The Bertz CT molecular complexity index is 397. The predicted molar refractivity (Wildman–Crippen MR) is 58.1 cm³/mol. The number of nitrogens with one attached hydrogen (secondary N) is 1. The molecule has 0 amide bonds. The van der Waals surface area contributed by atoms with Gasteiger partial charge in [-0.2, -0.15) is 0 Å². The molecule has 0 radical (unpaired) electrons. The van der Waals surface area contributed by atoms with Gasteiger partial charge in [0.05, 0.1) is 0 Å². The highest BCUT2D eigenvalue weighted by Crippen LogP contribution is 2.23. The molecule has 2 heterocycles. The van der Waals surface area contributed by atoms with Gasteiger partial charge in [0.15, 0.2) is 0 Å². The van der Waals surface area contributed by atoms with Crippen molar-refractivity contribution in [3.8, 4) is 10.6 Å². The molecule has 3 nitrogen and oxygen atoms in total. The smallest absolute Gasteiger partial charge is 0.123 e. The van der Waals surface area contributed by atoms with E-state index in [1.54, 1.807) is 23.7 Å². The number of pyridine rings is 1.